The van der Waals surface area contributed by atoms with Crippen LogP contribution in [0.1, 0.15) is 134 Å². The SMILES string of the molecule is C.C.C.C.C.C.C.C.C.C.C.C.C.C.C.C.C.C.[W].[W].[W].[W].[W].[W].[W].[W].[W].[W]. The zero-order chi connectivity index (χ0) is 0. The first-order chi connectivity index (χ1) is 0. The fourth-order valence-corrected chi connectivity index (χ4v) is 0. The molecule has 0 saturated carbocycles. The maximum Gasteiger partial charge on any atom is 0 e. The summed E-state index contributed by atoms with van der Waals surface area (Å²) in [5, 5.41) is 0. The minimum Gasteiger partial charge on any atom is -0.0776 e. The van der Waals surface area contributed by atoms with Crippen LogP contribution in [0.2, 0.25) is 0 Å². The average Bonchev–Trinajstić information content (AvgIpc) is 0. The molecule has 0 N–H and O–H groups in total. The summed E-state index contributed by atoms with van der Waals surface area (Å²) in [5.41, 5.74) is 0. The molecule has 0 unspecified atom stereocenters. The van der Waals surface area contributed by atoms with Crippen LogP contribution in [0.15, 0.2) is 0 Å². The van der Waals surface area contributed by atoms with Crippen molar-refractivity contribution >= 4 is 0 Å². The molecule has 0 fully saturated rings. The Labute approximate surface area is 338 Å². The van der Waals surface area contributed by atoms with Crippen LogP contribution in [-0.4, -0.2) is 0 Å². The third-order valence-electron chi connectivity index (χ3n) is 0. The topological polar surface area (TPSA) is 0 Å². The molecule has 0 atom stereocenters. The predicted molar refractivity (Wildman–Crippen MR) is 121 cm³/mol. The Hall–Kier alpha value is 6.88. The van der Waals surface area contributed by atoms with Crippen LogP contribution >= 0.6 is 0 Å². The predicted octanol–water partition coefficient (Wildman–Crippen LogP) is 11.4. The molecule has 28 heavy (non-hydrogen) atoms. The second kappa shape index (κ2) is 773. The van der Waals surface area contributed by atoms with E-state index >= 15 is 0 Å². The van der Waals surface area contributed by atoms with Gasteiger partial charge in [-0.1, -0.05) is 134 Å². The van der Waals surface area contributed by atoms with Gasteiger partial charge in [0.25, 0.3) is 0 Å². The zero-order valence-corrected chi connectivity index (χ0v) is 33.4. The summed E-state index contributed by atoms with van der Waals surface area (Å²) >= 11 is 0. The van der Waals surface area contributed by atoms with E-state index in [1.165, 1.54) is 0 Å². The first-order valence-electron chi connectivity index (χ1n) is 0. The third-order valence-corrected chi connectivity index (χ3v) is 0. The summed E-state index contributed by atoms with van der Waals surface area (Å²) in [6.45, 7) is 0. The zero-order valence-electron chi connectivity index (χ0n) is 4.08. The van der Waals surface area contributed by atoms with Gasteiger partial charge in [0.1, 0.15) is 0 Å². The quantitative estimate of drug-likeness (QED) is 0.227. The molecule has 0 radical (unpaired) electrons. The maximum absolute atomic E-state index is 0. The van der Waals surface area contributed by atoms with E-state index in [9.17, 15) is 0 Å². The molecule has 0 aromatic carbocycles. The van der Waals surface area contributed by atoms with Crippen molar-refractivity contribution in [2.75, 3.05) is 0 Å². The molecular formula is C18H72W10. The van der Waals surface area contributed by atoms with E-state index in [2.05, 4.69) is 0 Å². The minimum atomic E-state index is 0. The third kappa shape index (κ3) is 706. The summed E-state index contributed by atoms with van der Waals surface area (Å²) in [4.78, 5) is 0. The largest absolute Gasteiger partial charge is 0.0776 e. The van der Waals surface area contributed by atoms with E-state index in [0.717, 1.165) is 0 Å². The van der Waals surface area contributed by atoms with Crippen LogP contribution in [0.25, 0.3) is 0 Å². The molecule has 0 spiro atoms. The van der Waals surface area contributed by atoms with Crippen LogP contribution in [0.4, 0.5) is 0 Å². The standard InChI is InChI=1S/18CH4.10W/h18*1H4;;;;;;;;;;. The molecule has 0 aliphatic carbocycles. The van der Waals surface area contributed by atoms with Crippen molar-refractivity contribution in [3.63, 3.8) is 0 Å². The molecule has 0 aliphatic rings. The Morgan fingerprint density at radius 2 is 0.0714 bits per heavy atom. The van der Waals surface area contributed by atoms with Gasteiger partial charge in [-0.3, -0.25) is 0 Å². The summed E-state index contributed by atoms with van der Waals surface area (Å²) in [6.07, 6.45) is 0. The molecule has 0 aromatic heterocycles. The van der Waals surface area contributed by atoms with E-state index in [-0.39, 0.29) is 344 Å². The van der Waals surface area contributed by atoms with E-state index in [1.807, 2.05) is 0 Å². The van der Waals surface area contributed by atoms with Gasteiger partial charge < -0.3 is 0 Å². The van der Waals surface area contributed by atoms with Gasteiger partial charge in [-0.05, 0) is 0 Å². The van der Waals surface area contributed by atoms with Crippen molar-refractivity contribution in [3.8, 4) is 0 Å². The van der Waals surface area contributed by atoms with Crippen LogP contribution in [0, 0.1) is 0 Å². The molecule has 10 heteroatoms. The van der Waals surface area contributed by atoms with Crippen molar-refractivity contribution in [1.82, 2.24) is 0 Å². The fourth-order valence-electron chi connectivity index (χ4n) is 0. The molecule has 0 aromatic rings. The van der Waals surface area contributed by atoms with Gasteiger partial charge in [-0.2, -0.15) is 0 Å². The molecule has 0 amide bonds. The van der Waals surface area contributed by atoms with Crippen molar-refractivity contribution in [2.24, 2.45) is 0 Å². The van der Waals surface area contributed by atoms with Crippen molar-refractivity contribution in [3.05, 3.63) is 0 Å². The monoisotopic (exact) mass is 2130 g/mol. The second-order valence-electron chi connectivity index (χ2n) is 0. The van der Waals surface area contributed by atoms with Crippen LogP contribution < -0.4 is 0 Å². The maximum atomic E-state index is 0. The van der Waals surface area contributed by atoms with Crippen LogP contribution in [0.5, 0.6) is 0 Å². The van der Waals surface area contributed by atoms with Gasteiger partial charge in [-0.15, -0.1) is 0 Å². The Morgan fingerprint density at radius 3 is 0.0714 bits per heavy atom. The number of hydrogen-bond acceptors (Lipinski definition) is 0. The molecule has 0 heterocycles. The number of hydrogen-bond donors (Lipinski definition) is 0. The molecule has 0 saturated heterocycles. The first kappa shape index (κ1) is 845. The summed E-state index contributed by atoms with van der Waals surface area (Å²) < 4.78 is 0. The average molecular weight is 2130 g/mol. The van der Waals surface area contributed by atoms with Gasteiger partial charge in [0.15, 0.2) is 0 Å². The Morgan fingerprint density at radius 1 is 0.0714 bits per heavy atom. The van der Waals surface area contributed by atoms with Gasteiger partial charge >= 0.3 is 0 Å². The van der Waals surface area contributed by atoms with Gasteiger partial charge in [0.2, 0.25) is 0 Å². The molecule has 204 valence electrons. The number of rotatable bonds is 0. The van der Waals surface area contributed by atoms with E-state index in [4.69, 9.17) is 0 Å². The first-order valence-corrected chi connectivity index (χ1v) is 0. The van der Waals surface area contributed by atoms with Gasteiger partial charge in [0, 0.05) is 211 Å². The summed E-state index contributed by atoms with van der Waals surface area (Å²) in [6, 6.07) is 0. The summed E-state index contributed by atoms with van der Waals surface area (Å²) in [7, 11) is 0. The van der Waals surface area contributed by atoms with Crippen molar-refractivity contribution < 1.29 is 211 Å². The fraction of sp³-hybridized carbons (Fsp3) is 1.00. The normalized spacial score (nSPS) is 0. The van der Waals surface area contributed by atoms with Crippen LogP contribution in [0.3, 0.4) is 0 Å². The Kier molecular flexibility index (Phi) is 23300. The minimum absolute atomic E-state index is 0. The van der Waals surface area contributed by atoms with Gasteiger partial charge in [0.05, 0.1) is 0 Å². The summed E-state index contributed by atoms with van der Waals surface area (Å²) in [5.74, 6) is 0. The van der Waals surface area contributed by atoms with Gasteiger partial charge in [-0.25, -0.2) is 0 Å². The second-order valence-corrected chi connectivity index (χ2v) is 0. The smallest absolute Gasteiger partial charge is 0 e. The molecule has 0 aliphatic heterocycles. The molecule has 0 nitrogen and oxygen atoms in total. The van der Waals surface area contributed by atoms with Crippen LogP contribution in [-0.2, 0) is 211 Å². The Bertz CT molecular complexity index is 26.3. The van der Waals surface area contributed by atoms with E-state index < -0.39 is 0 Å². The Balaban J connectivity index is 0. The van der Waals surface area contributed by atoms with E-state index in [0.29, 0.717) is 0 Å². The molecule has 0 bridgehead atoms. The van der Waals surface area contributed by atoms with E-state index in [1.54, 1.807) is 0 Å². The van der Waals surface area contributed by atoms with Crippen molar-refractivity contribution in [2.45, 2.75) is 134 Å². The molecule has 0 rings (SSSR count). The van der Waals surface area contributed by atoms with Crippen molar-refractivity contribution in [1.29, 1.82) is 0 Å². The molecular weight excluding hydrogens is 2050 g/mol.